The quantitative estimate of drug-likeness (QED) is 0.843. The molecule has 5 heteroatoms. The molecule has 0 bridgehead atoms. The number of aliphatic hydroxyl groups is 1. The van der Waals surface area contributed by atoms with Crippen molar-refractivity contribution in [2.24, 2.45) is 5.92 Å². The van der Waals surface area contributed by atoms with Crippen molar-refractivity contribution in [3.05, 3.63) is 23.3 Å². The first-order chi connectivity index (χ1) is 9.97. The number of hydrogen-bond acceptors (Lipinski definition) is 4. The molecular formula is C16H22O5. The van der Waals surface area contributed by atoms with Crippen molar-refractivity contribution < 1.29 is 24.5 Å². The molecule has 0 aromatic heterocycles. The van der Waals surface area contributed by atoms with Crippen LogP contribution in [0, 0.1) is 5.92 Å². The van der Waals surface area contributed by atoms with Crippen LogP contribution < -0.4 is 9.47 Å². The van der Waals surface area contributed by atoms with Gasteiger partial charge in [0.1, 0.15) is 17.6 Å². The fourth-order valence-corrected chi connectivity index (χ4v) is 2.81. The van der Waals surface area contributed by atoms with Crippen molar-refractivity contribution in [1.82, 2.24) is 0 Å². The lowest BCUT2D eigenvalue weighted by Crippen LogP contribution is -2.22. The number of aliphatic carboxylic acids is 1. The molecule has 1 aromatic carbocycles. The van der Waals surface area contributed by atoms with Gasteiger partial charge in [0.05, 0.1) is 19.1 Å². The Labute approximate surface area is 124 Å². The normalized spacial score (nSPS) is 19.5. The minimum atomic E-state index is -1.11. The number of methoxy groups -OCH3 is 1. The molecule has 1 aromatic rings. The second kappa shape index (κ2) is 6.35. The van der Waals surface area contributed by atoms with E-state index in [1.165, 1.54) is 7.11 Å². The lowest BCUT2D eigenvalue weighted by atomic mass is 9.90. The van der Waals surface area contributed by atoms with E-state index < -0.39 is 18.0 Å². The molecule has 0 saturated heterocycles. The average molecular weight is 294 g/mol. The van der Waals surface area contributed by atoms with Crippen LogP contribution in [-0.4, -0.2) is 29.4 Å². The predicted molar refractivity (Wildman–Crippen MR) is 77.8 cm³/mol. The summed E-state index contributed by atoms with van der Waals surface area (Å²) in [7, 11) is 1.52. The van der Waals surface area contributed by atoms with E-state index in [1.54, 1.807) is 6.07 Å². The number of benzene rings is 1. The maximum Gasteiger partial charge on any atom is 0.309 e. The summed E-state index contributed by atoms with van der Waals surface area (Å²) in [6.07, 6.45) is 0.868. The number of aliphatic hydroxyl groups excluding tert-OH is 1. The van der Waals surface area contributed by atoms with E-state index in [1.807, 2.05) is 19.9 Å². The second-order valence-electron chi connectivity index (χ2n) is 5.51. The molecule has 21 heavy (non-hydrogen) atoms. The molecule has 2 rings (SSSR count). The third-order valence-corrected chi connectivity index (χ3v) is 3.87. The van der Waals surface area contributed by atoms with Crippen molar-refractivity contribution in [3.63, 3.8) is 0 Å². The fraction of sp³-hybridized carbons (Fsp3) is 0.562. The van der Waals surface area contributed by atoms with Crippen LogP contribution in [0.5, 0.6) is 11.5 Å². The smallest absolute Gasteiger partial charge is 0.309 e. The van der Waals surface area contributed by atoms with E-state index in [2.05, 4.69) is 0 Å². The van der Waals surface area contributed by atoms with Crippen LogP contribution >= 0.6 is 0 Å². The van der Waals surface area contributed by atoms with Crippen LogP contribution in [0.1, 0.15) is 43.9 Å². The molecule has 3 unspecified atom stereocenters. The topological polar surface area (TPSA) is 76.0 Å². The zero-order chi connectivity index (χ0) is 15.6. The Bertz CT molecular complexity index is 526. The van der Waals surface area contributed by atoms with E-state index in [-0.39, 0.29) is 6.10 Å². The Kier molecular flexibility index (Phi) is 4.73. The molecule has 116 valence electrons. The SMILES string of the molecule is CCCC(C(=O)O)C(O)c1cc2c(cc1OC)CC(C)O2. The predicted octanol–water partition coefficient (Wildman–Crippen LogP) is 2.55. The van der Waals surface area contributed by atoms with Crippen molar-refractivity contribution >= 4 is 5.97 Å². The summed E-state index contributed by atoms with van der Waals surface area (Å²) in [4.78, 5) is 11.4. The lowest BCUT2D eigenvalue weighted by Gasteiger charge is -2.21. The maximum absolute atomic E-state index is 11.4. The van der Waals surface area contributed by atoms with Crippen LogP contribution in [0.15, 0.2) is 12.1 Å². The van der Waals surface area contributed by atoms with Gasteiger partial charge in [-0.15, -0.1) is 0 Å². The van der Waals surface area contributed by atoms with Crippen LogP contribution in [0.2, 0.25) is 0 Å². The van der Waals surface area contributed by atoms with Crippen molar-refractivity contribution in [2.75, 3.05) is 7.11 Å². The van der Waals surface area contributed by atoms with Crippen molar-refractivity contribution in [2.45, 2.75) is 45.3 Å². The van der Waals surface area contributed by atoms with Gasteiger partial charge in [0, 0.05) is 17.5 Å². The Balaban J connectivity index is 2.38. The van der Waals surface area contributed by atoms with E-state index in [4.69, 9.17) is 9.47 Å². The van der Waals surface area contributed by atoms with E-state index >= 15 is 0 Å². The number of carbonyl (C=O) groups is 1. The Morgan fingerprint density at radius 1 is 1.52 bits per heavy atom. The first-order valence-corrected chi connectivity index (χ1v) is 7.26. The molecule has 0 spiro atoms. The average Bonchev–Trinajstić information content (AvgIpc) is 2.81. The highest BCUT2D eigenvalue weighted by Gasteiger charge is 2.31. The van der Waals surface area contributed by atoms with E-state index in [0.717, 1.165) is 12.0 Å². The molecule has 3 atom stereocenters. The van der Waals surface area contributed by atoms with Crippen LogP contribution in [0.4, 0.5) is 0 Å². The number of carboxylic acid groups (broad SMARTS) is 1. The van der Waals surface area contributed by atoms with Crippen LogP contribution in [0.3, 0.4) is 0 Å². The highest BCUT2D eigenvalue weighted by atomic mass is 16.5. The molecular weight excluding hydrogens is 272 g/mol. The molecule has 1 aliphatic rings. The molecule has 2 N–H and O–H groups in total. The Morgan fingerprint density at radius 2 is 2.24 bits per heavy atom. The summed E-state index contributed by atoms with van der Waals surface area (Å²) in [6.45, 7) is 3.87. The summed E-state index contributed by atoms with van der Waals surface area (Å²) in [5.41, 5.74) is 1.50. The van der Waals surface area contributed by atoms with Crippen LogP contribution in [0.25, 0.3) is 0 Å². The number of carboxylic acids is 1. The van der Waals surface area contributed by atoms with Gasteiger partial charge in [-0.1, -0.05) is 13.3 Å². The minimum Gasteiger partial charge on any atom is -0.496 e. The molecule has 0 aliphatic carbocycles. The lowest BCUT2D eigenvalue weighted by molar-refractivity contribution is -0.146. The van der Waals surface area contributed by atoms with Crippen molar-refractivity contribution in [3.8, 4) is 11.5 Å². The summed E-state index contributed by atoms with van der Waals surface area (Å²) >= 11 is 0. The summed E-state index contributed by atoms with van der Waals surface area (Å²) in [6, 6.07) is 3.55. The fourth-order valence-electron chi connectivity index (χ4n) is 2.81. The molecule has 0 amide bonds. The summed E-state index contributed by atoms with van der Waals surface area (Å²) < 4.78 is 11.0. The number of rotatable bonds is 6. The van der Waals surface area contributed by atoms with Crippen LogP contribution in [-0.2, 0) is 11.2 Å². The largest absolute Gasteiger partial charge is 0.496 e. The van der Waals surface area contributed by atoms with E-state index in [0.29, 0.717) is 29.9 Å². The third kappa shape index (κ3) is 3.13. The third-order valence-electron chi connectivity index (χ3n) is 3.87. The highest BCUT2D eigenvalue weighted by Crippen LogP contribution is 2.40. The summed E-state index contributed by atoms with van der Waals surface area (Å²) in [5, 5.41) is 19.8. The highest BCUT2D eigenvalue weighted by molar-refractivity contribution is 5.71. The Hall–Kier alpha value is -1.75. The van der Waals surface area contributed by atoms with Gasteiger partial charge in [0.2, 0.25) is 0 Å². The van der Waals surface area contributed by atoms with Gasteiger partial charge in [-0.2, -0.15) is 0 Å². The summed E-state index contributed by atoms with van der Waals surface area (Å²) in [5.74, 6) is -0.624. The van der Waals surface area contributed by atoms with E-state index in [9.17, 15) is 15.0 Å². The van der Waals surface area contributed by atoms with Gasteiger partial charge in [0.15, 0.2) is 0 Å². The van der Waals surface area contributed by atoms with Gasteiger partial charge < -0.3 is 19.7 Å². The molecule has 1 heterocycles. The monoisotopic (exact) mass is 294 g/mol. The number of ether oxygens (including phenoxy) is 2. The molecule has 0 fully saturated rings. The van der Waals surface area contributed by atoms with Gasteiger partial charge in [-0.05, 0) is 25.5 Å². The van der Waals surface area contributed by atoms with Gasteiger partial charge >= 0.3 is 5.97 Å². The second-order valence-corrected chi connectivity index (χ2v) is 5.51. The van der Waals surface area contributed by atoms with Crippen molar-refractivity contribution in [1.29, 1.82) is 0 Å². The number of hydrogen-bond donors (Lipinski definition) is 2. The first kappa shape index (κ1) is 15.6. The first-order valence-electron chi connectivity index (χ1n) is 7.26. The zero-order valence-electron chi connectivity index (χ0n) is 12.6. The zero-order valence-corrected chi connectivity index (χ0v) is 12.6. The van der Waals surface area contributed by atoms with Gasteiger partial charge in [-0.3, -0.25) is 4.79 Å². The van der Waals surface area contributed by atoms with Gasteiger partial charge in [-0.25, -0.2) is 0 Å². The standard InChI is InChI=1S/C16H22O5/c1-4-5-11(16(18)19)15(17)12-8-13-10(6-9(2)21-13)7-14(12)20-3/h7-9,11,15,17H,4-6H2,1-3H3,(H,18,19). The molecule has 0 saturated carbocycles. The number of fused-ring (bicyclic) bond motifs is 1. The van der Waals surface area contributed by atoms with Gasteiger partial charge in [0.25, 0.3) is 0 Å². The minimum absolute atomic E-state index is 0.0861. The Morgan fingerprint density at radius 3 is 2.81 bits per heavy atom. The molecule has 0 radical (unpaired) electrons. The maximum atomic E-state index is 11.4. The molecule has 5 nitrogen and oxygen atoms in total. The molecule has 1 aliphatic heterocycles.